The number of ether oxygens (including phenoxy) is 1. The van der Waals surface area contributed by atoms with Crippen molar-refractivity contribution in [1.82, 2.24) is 19.9 Å². The van der Waals surface area contributed by atoms with Gasteiger partial charge in [0.15, 0.2) is 5.82 Å². The van der Waals surface area contributed by atoms with E-state index in [0.717, 1.165) is 34.0 Å². The first-order valence-electron chi connectivity index (χ1n) is 12.2. The maximum Gasteiger partial charge on any atom is 0.226 e. The number of hydrogen-bond donors (Lipinski definition) is 2. The molecule has 3 N–H and O–H groups in total. The zero-order valence-corrected chi connectivity index (χ0v) is 22.6. The van der Waals surface area contributed by atoms with Crippen LogP contribution in [0.25, 0.3) is 32.2 Å². The van der Waals surface area contributed by atoms with Crippen LogP contribution in [0.5, 0.6) is 0 Å². The number of benzene rings is 1. The van der Waals surface area contributed by atoms with Crippen LogP contribution in [0.1, 0.15) is 30.5 Å². The average molecular weight is 554 g/mol. The summed E-state index contributed by atoms with van der Waals surface area (Å²) in [5.41, 5.74) is 9.35. The normalized spacial score (nSPS) is 19.3. The molecule has 1 saturated heterocycles. The van der Waals surface area contributed by atoms with Crippen LogP contribution in [0.2, 0.25) is 5.02 Å². The summed E-state index contributed by atoms with van der Waals surface area (Å²) in [6.45, 7) is 5.76. The summed E-state index contributed by atoms with van der Waals surface area (Å²) in [5.74, 6) is -0.0949. The second kappa shape index (κ2) is 9.25. The van der Waals surface area contributed by atoms with Crippen LogP contribution < -0.4 is 10.6 Å². The maximum atomic E-state index is 14.7. The topological polar surface area (TPSA) is 124 Å². The third kappa shape index (κ3) is 3.71. The van der Waals surface area contributed by atoms with Crippen LogP contribution in [0, 0.1) is 17.1 Å². The molecule has 0 unspecified atom stereocenters. The second-order valence-electron chi connectivity index (χ2n) is 9.98. The Hall–Kier alpha value is -3.14. The standard InChI is InChI=1S/C26H25ClFN7O2S/c1-11(2)34(3)17-7-35(8-18(17)36)26-32-5-13-14-9-37-10-15(14)19(21(27)22(13)33-26)23-20-12(4-29)25(30)38-24(20)16(28)6-31-23/h5-6,11,17-18,36H,7-10,30H2,1-3H3/t17-,18+/m0/s1. The van der Waals surface area contributed by atoms with Gasteiger partial charge in [-0.05, 0) is 32.0 Å². The summed E-state index contributed by atoms with van der Waals surface area (Å²) in [6, 6.07) is 2.31. The molecule has 196 valence electrons. The van der Waals surface area contributed by atoms with Gasteiger partial charge in [0.2, 0.25) is 5.95 Å². The first-order chi connectivity index (χ1) is 18.2. The van der Waals surface area contributed by atoms with Gasteiger partial charge in [0, 0.05) is 41.7 Å². The second-order valence-corrected chi connectivity index (χ2v) is 11.4. The number of fused-ring (bicyclic) bond motifs is 4. The molecular weight excluding hydrogens is 529 g/mol. The summed E-state index contributed by atoms with van der Waals surface area (Å²) in [4.78, 5) is 18.0. The Morgan fingerprint density at radius 2 is 2.05 bits per heavy atom. The molecular formula is C26H25ClFN7O2S. The van der Waals surface area contributed by atoms with E-state index in [1.807, 2.05) is 11.9 Å². The van der Waals surface area contributed by atoms with Gasteiger partial charge in [0.1, 0.15) is 11.1 Å². The zero-order chi connectivity index (χ0) is 26.9. The molecule has 3 aromatic heterocycles. The number of anilines is 2. The molecule has 38 heavy (non-hydrogen) atoms. The highest BCUT2D eigenvalue weighted by molar-refractivity contribution is 7.23. The molecule has 2 aliphatic rings. The summed E-state index contributed by atoms with van der Waals surface area (Å²) < 4.78 is 20.8. The van der Waals surface area contributed by atoms with Crippen molar-refractivity contribution >= 4 is 54.9 Å². The number of likely N-dealkylation sites (N-methyl/N-ethyl adjacent to an activating group) is 1. The van der Waals surface area contributed by atoms with Gasteiger partial charge in [-0.1, -0.05) is 11.6 Å². The van der Waals surface area contributed by atoms with Crippen LogP contribution in [0.15, 0.2) is 12.4 Å². The Balaban J connectivity index is 1.54. The van der Waals surface area contributed by atoms with Gasteiger partial charge < -0.3 is 20.5 Å². The van der Waals surface area contributed by atoms with E-state index in [4.69, 9.17) is 27.1 Å². The first kappa shape index (κ1) is 25.2. The Kier molecular flexibility index (Phi) is 6.13. The smallest absolute Gasteiger partial charge is 0.226 e. The number of thiophene rings is 1. The number of hydrogen-bond acceptors (Lipinski definition) is 10. The van der Waals surface area contributed by atoms with Crippen molar-refractivity contribution < 1.29 is 14.2 Å². The van der Waals surface area contributed by atoms with Crippen LogP contribution in [0.4, 0.5) is 15.3 Å². The summed E-state index contributed by atoms with van der Waals surface area (Å²) in [6.07, 6.45) is 2.31. The van der Waals surface area contributed by atoms with Gasteiger partial charge in [0.05, 0.1) is 58.1 Å². The molecule has 0 radical (unpaired) electrons. The highest BCUT2D eigenvalue weighted by atomic mass is 35.5. The van der Waals surface area contributed by atoms with Gasteiger partial charge in [-0.15, -0.1) is 11.3 Å². The number of nitrogens with two attached hydrogens (primary N) is 1. The lowest BCUT2D eigenvalue weighted by atomic mass is 9.94. The summed E-state index contributed by atoms with van der Waals surface area (Å²) in [7, 11) is 2.00. The number of aliphatic hydroxyl groups excluding tert-OH is 1. The van der Waals surface area contributed by atoms with Crippen molar-refractivity contribution in [2.75, 3.05) is 30.8 Å². The number of β-amino-alcohol motifs (C(OH)–C–C–N with tert-alkyl or cyclic N) is 1. The molecule has 12 heteroatoms. The molecule has 5 heterocycles. The number of nitrogen functional groups attached to an aromatic ring is 1. The molecule has 9 nitrogen and oxygen atoms in total. The highest BCUT2D eigenvalue weighted by Gasteiger charge is 2.37. The fraction of sp³-hybridized carbons (Fsp3) is 0.385. The number of rotatable bonds is 4. The molecule has 2 aliphatic heterocycles. The Morgan fingerprint density at radius 1 is 1.29 bits per heavy atom. The molecule has 0 bridgehead atoms. The monoisotopic (exact) mass is 553 g/mol. The molecule has 0 aliphatic carbocycles. The summed E-state index contributed by atoms with van der Waals surface area (Å²) >= 11 is 8.08. The predicted molar refractivity (Wildman–Crippen MR) is 146 cm³/mol. The molecule has 0 amide bonds. The van der Waals surface area contributed by atoms with E-state index in [2.05, 4.69) is 34.8 Å². The van der Waals surface area contributed by atoms with E-state index in [9.17, 15) is 14.8 Å². The van der Waals surface area contributed by atoms with E-state index >= 15 is 0 Å². The summed E-state index contributed by atoms with van der Waals surface area (Å²) in [5, 5.41) is 22.2. The van der Waals surface area contributed by atoms with Gasteiger partial charge in [-0.2, -0.15) is 5.26 Å². The lowest BCUT2D eigenvalue weighted by molar-refractivity contribution is 0.0823. The van der Waals surface area contributed by atoms with Crippen molar-refractivity contribution in [3.8, 4) is 17.3 Å². The number of nitrogens with zero attached hydrogens (tertiary/aromatic N) is 6. The average Bonchev–Trinajstić information content (AvgIpc) is 3.61. The lowest BCUT2D eigenvalue weighted by Gasteiger charge is -2.29. The number of aliphatic hydroxyl groups is 1. The van der Waals surface area contributed by atoms with Crippen molar-refractivity contribution in [2.24, 2.45) is 0 Å². The van der Waals surface area contributed by atoms with E-state index in [-0.39, 0.29) is 34.0 Å². The lowest BCUT2D eigenvalue weighted by Crippen LogP contribution is -2.44. The molecule has 1 fully saturated rings. The quantitative estimate of drug-likeness (QED) is 0.384. The molecule has 1 aromatic carbocycles. The van der Waals surface area contributed by atoms with Crippen LogP contribution >= 0.6 is 22.9 Å². The first-order valence-corrected chi connectivity index (χ1v) is 13.4. The third-order valence-electron chi connectivity index (χ3n) is 7.61. The van der Waals surface area contributed by atoms with Gasteiger partial charge in [-0.3, -0.25) is 9.88 Å². The Labute approximate surface area is 227 Å². The van der Waals surface area contributed by atoms with Crippen LogP contribution in [-0.4, -0.2) is 63.3 Å². The van der Waals surface area contributed by atoms with Crippen LogP contribution in [-0.2, 0) is 18.0 Å². The molecule has 0 spiro atoms. The van der Waals surface area contributed by atoms with Gasteiger partial charge in [-0.25, -0.2) is 14.4 Å². The molecule has 0 saturated carbocycles. The minimum atomic E-state index is -0.551. The fourth-order valence-electron chi connectivity index (χ4n) is 5.41. The van der Waals surface area contributed by atoms with Crippen molar-refractivity contribution in [3.05, 3.63) is 39.9 Å². The van der Waals surface area contributed by atoms with E-state index in [1.165, 1.54) is 0 Å². The number of nitriles is 1. The van der Waals surface area contributed by atoms with E-state index < -0.39 is 11.9 Å². The highest BCUT2D eigenvalue weighted by Crippen LogP contribution is 2.47. The number of pyridine rings is 1. The predicted octanol–water partition coefficient (Wildman–Crippen LogP) is 4.07. The Morgan fingerprint density at radius 3 is 2.79 bits per heavy atom. The third-order valence-corrected chi connectivity index (χ3v) is 9.01. The largest absolute Gasteiger partial charge is 0.390 e. The minimum absolute atomic E-state index is 0.0566. The van der Waals surface area contributed by atoms with E-state index in [1.54, 1.807) is 6.20 Å². The Bertz CT molecular complexity index is 1650. The maximum absolute atomic E-state index is 14.7. The number of halogens is 2. The number of aromatic nitrogens is 3. The minimum Gasteiger partial charge on any atom is -0.390 e. The molecule has 2 atom stereocenters. The van der Waals surface area contributed by atoms with Crippen molar-refractivity contribution in [2.45, 2.75) is 45.2 Å². The zero-order valence-electron chi connectivity index (χ0n) is 21.0. The van der Waals surface area contributed by atoms with Crippen LogP contribution in [0.3, 0.4) is 0 Å². The fourth-order valence-corrected chi connectivity index (χ4v) is 6.68. The van der Waals surface area contributed by atoms with Gasteiger partial charge in [0.25, 0.3) is 0 Å². The molecule has 4 aromatic rings. The SMILES string of the molecule is CC(C)N(C)[C@H]1CN(c2ncc3c4c(c(-c5ncc(F)c6sc(N)c(C#N)c56)c(Cl)c3n2)COC4)C[C@H]1O. The van der Waals surface area contributed by atoms with E-state index in [0.29, 0.717) is 52.8 Å². The van der Waals surface area contributed by atoms with Gasteiger partial charge >= 0.3 is 0 Å². The van der Waals surface area contributed by atoms with Crippen molar-refractivity contribution in [1.29, 1.82) is 5.26 Å². The van der Waals surface area contributed by atoms with Crippen molar-refractivity contribution in [3.63, 3.8) is 0 Å². The molecule has 6 rings (SSSR count).